The number of carboxylic acids is 1. The average molecular weight is 240 g/mol. The van der Waals surface area contributed by atoms with Gasteiger partial charge in [-0.1, -0.05) is 19.1 Å². The molecule has 0 aliphatic carbocycles. The highest BCUT2D eigenvalue weighted by atomic mass is 32.2. The molecule has 0 fully saturated rings. The Kier molecular flexibility index (Phi) is 5.96. The van der Waals surface area contributed by atoms with Crippen molar-refractivity contribution in [2.24, 2.45) is 0 Å². The van der Waals surface area contributed by atoms with E-state index in [0.29, 0.717) is 6.61 Å². The molecule has 3 nitrogen and oxygen atoms in total. The summed E-state index contributed by atoms with van der Waals surface area (Å²) >= 11 is 1.81. The van der Waals surface area contributed by atoms with Crippen molar-refractivity contribution in [3.63, 3.8) is 0 Å². The molecule has 0 spiro atoms. The summed E-state index contributed by atoms with van der Waals surface area (Å²) in [5.74, 6) is 0.149. The lowest BCUT2D eigenvalue weighted by atomic mass is 10.2. The quantitative estimate of drug-likeness (QED) is 0.587. The number of hydrogen-bond donors (Lipinski definition) is 1. The number of hydrogen-bond acceptors (Lipinski definition) is 3. The van der Waals surface area contributed by atoms with Crippen LogP contribution in [0.3, 0.4) is 0 Å². The molecule has 0 radical (unpaired) electrons. The van der Waals surface area contributed by atoms with Crippen LogP contribution in [0.5, 0.6) is 0 Å². The van der Waals surface area contributed by atoms with E-state index in [1.807, 2.05) is 11.8 Å². The van der Waals surface area contributed by atoms with Gasteiger partial charge in [0.2, 0.25) is 0 Å². The summed E-state index contributed by atoms with van der Waals surface area (Å²) < 4.78 is 4.97. The van der Waals surface area contributed by atoms with Gasteiger partial charge in [-0.3, -0.25) is 0 Å². The van der Waals surface area contributed by atoms with Crippen molar-refractivity contribution in [3.05, 3.63) is 29.8 Å². The van der Waals surface area contributed by atoms with Crippen molar-refractivity contribution in [3.8, 4) is 0 Å². The number of aliphatic carboxylic acids is 1. The van der Waals surface area contributed by atoms with Crippen LogP contribution in [0.4, 0.5) is 0 Å². The molecular weight excluding hydrogens is 224 g/mol. The SMILES string of the molecule is CCSc1ccc(CCOCC(=O)O)cc1. The molecule has 1 N–H and O–H groups in total. The van der Waals surface area contributed by atoms with Gasteiger partial charge in [0, 0.05) is 4.90 Å². The summed E-state index contributed by atoms with van der Waals surface area (Å²) in [6, 6.07) is 8.28. The molecule has 0 bridgehead atoms. The van der Waals surface area contributed by atoms with E-state index in [0.717, 1.165) is 12.2 Å². The van der Waals surface area contributed by atoms with Gasteiger partial charge < -0.3 is 9.84 Å². The smallest absolute Gasteiger partial charge is 0.329 e. The Bertz CT molecular complexity index is 322. The third-order valence-corrected chi connectivity index (χ3v) is 2.89. The van der Waals surface area contributed by atoms with E-state index < -0.39 is 5.97 Å². The average Bonchev–Trinajstić information content (AvgIpc) is 2.27. The summed E-state index contributed by atoms with van der Waals surface area (Å²) in [7, 11) is 0. The molecule has 0 unspecified atom stereocenters. The largest absolute Gasteiger partial charge is 0.480 e. The van der Waals surface area contributed by atoms with Crippen LogP contribution in [-0.4, -0.2) is 30.0 Å². The Labute approximate surface area is 99.8 Å². The van der Waals surface area contributed by atoms with Crippen molar-refractivity contribution < 1.29 is 14.6 Å². The van der Waals surface area contributed by atoms with Crippen LogP contribution in [0.2, 0.25) is 0 Å². The van der Waals surface area contributed by atoms with Gasteiger partial charge in [-0.05, 0) is 29.9 Å². The molecule has 1 aromatic rings. The molecule has 0 aromatic heterocycles. The van der Waals surface area contributed by atoms with Crippen LogP contribution in [0, 0.1) is 0 Å². The van der Waals surface area contributed by atoms with Gasteiger partial charge in [-0.15, -0.1) is 11.8 Å². The maximum Gasteiger partial charge on any atom is 0.329 e. The standard InChI is InChI=1S/C12H16O3S/c1-2-16-11-5-3-10(4-6-11)7-8-15-9-12(13)14/h3-6H,2,7-9H2,1H3,(H,13,14). The van der Waals surface area contributed by atoms with Crippen LogP contribution >= 0.6 is 11.8 Å². The fourth-order valence-electron chi connectivity index (χ4n) is 1.27. The van der Waals surface area contributed by atoms with E-state index in [4.69, 9.17) is 9.84 Å². The first-order chi connectivity index (χ1) is 7.72. The van der Waals surface area contributed by atoms with Gasteiger partial charge in [0.25, 0.3) is 0 Å². The van der Waals surface area contributed by atoms with Gasteiger partial charge in [-0.2, -0.15) is 0 Å². The molecule has 1 rings (SSSR count). The number of benzene rings is 1. The van der Waals surface area contributed by atoms with Gasteiger partial charge in [0.1, 0.15) is 6.61 Å². The van der Waals surface area contributed by atoms with Crippen LogP contribution in [-0.2, 0) is 16.0 Å². The Morgan fingerprint density at radius 3 is 2.62 bits per heavy atom. The maximum atomic E-state index is 10.2. The van der Waals surface area contributed by atoms with Crippen molar-refractivity contribution in [1.29, 1.82) is 0 Å². The maximum absolute atomic E-state index is 10.2. The number of rotatable bonds is 7. The van der Waals surface area contributed by atoms with Crippen LogP contribution in [0.1, 0.15) is 12.5 Å². The molecule has 4 heteroatoms. The molecule has 0 amide bonds. The Hall–Kier alpha value is -1.00. The molecule has 0 aliphatic rings. The third-order valence-electron chi connectivity index (χ3n) is 1.99. The summed E-state index contributed by atoms with van der Waals surface area (Å²) in [5, 5.41) is 8.38. The van der Waals surface area contributed by atoms with Crippen LogP contribution in [0.15, 0.2) is 29.2 Å². The highest BCUT2D eigenvalue weighted by Crippen LogP contribution is 2.17. The zero-order valence-electron chi connectivity index (χ0n) is 9.31. The van der Waals surface area contributed by atoms with Gasteiger partial charge in [0.15, 0.2) is 0 Å². The minimum Gasteiger partial charge on any atom is -0.480 e. The van der Waals surface area contributed by atoms with E-state index in [2.05, 4.69) is 31.2 Å². The first kappa shape index (κ1) is 13.1. The number of carboxylic acid groups (broad SMARTS) is 1. The first-order valence-electron chi connectivity index (χ1n) is 5.23. The number of ether oxygens (including phenoxy) is 1. The normalized spacial score (nSPS) is 10.3. The van der Waals surface area contributed by atoms with E-state index in [1.54, 1.807) is 0 Å². The highest BCUT2D eigenvalue weighted by Gasteiger charge is 1.98. The molecule has 88 valence electrons. The molecule has 0 atom stereocenters. The molecule has 0 aliphatic heterocycles. The second kappa shape index (κ2) is 7.30. The summed E-state index contributed by atoms with van der Waals surface area (Å²) in [6.07, 6.45) is 0.754. The van der Waals surface area contributed by atoms with E-state index in [-0.39, 0.29) is 6.61 Å². The van der Waals surface area contributed by atoms with Gasteiger partial charge >= 0.3 is 5.97 Å². The van der Waals surface area contributed by atoms with Gasteiger partial charge in [0.05, 0.1) is 6.61 Å². The van der Waals surface area contributed by atoms with Crippen molar-refractivity contribution in [2.45, 2.75) is 18.2 Å². The molecule has 16 heavy (non-hydrogen) atoms. The van der Waals surface area contributed by atoms with Crippen LogP contribution < -0.4 is 0 Å². The minimum absolute atomic E-state index is 0.218. The van der Waals surface area contributed by atoms with Gasteiger partial charge in [-0.25, -0.2) is 4.79 Å². The third kappa shape index (κ3) is 5.19. The monoisotopic (exact) mass is 240 g/mol. The Balaban J connectivity index is 2.29. The molecule has 1 aromatic carbocycles. The van der Waals surface area contributed by atoms with Crippen molar-refractivity contribution in [1.82, 2.24) is 0 Å². The zero-order chi connectivity index (χ0) is 11.8. The minimum atomic E-state index is -0.922. The second-order valence-corrected chi connectivity index (χ2v) is 4.61. The first-order valence-corrected chi connectivity index (χ1v) is 6.22. The topological polar surface area (TPSA) is 46.5 Å². The van der Waals surface area contributed by atoms with E-state index >= 15 is 0 Å². The molecule has 0 saturated carbocycles. The fraction of sp³-hybridized carbons (Fsp3) is 0.417. The molecular formula is C12H16O3S. The lowest BCUT2D eigenvalue weighted by Crippen LogP contribution is -2.08. The van der Waals surface area contributed by atoms with E-state index in [9.17, 15) is 4.79 Å². The van der Waals surface area contributed by atoms with Crippen molar-refractivity contribution >= 4 is 17.7 Å². The summed E-state index contributed by atoms with van der Waals surface area (Å²) in [5.41, 5.74) is 1.17. The molecule has 0 heterocycles. The summed E-state index contributed by atoms with van der Waals surface area (Å²) in [6.45, 7) is 2.36. The summed E-state index contributed by atoms with van der Waals surface area (Å²) in [4.78, 5) is 11.5. The van der Waals surface area contributed by atoms with Crippen LogP contribution in [0.25, 0.3) is 0 Å². The van der Waals surface area contributed by atoms with E-state index in [1.165, 1.54) is 10.5 Å². The number of thioether (sulfide) groups is 1. The Morgan fingerprint density at radius 1 is 1.38 bits per heavy atom. The lowest BCUT2D eigenvalue weighted by Gasteiger charge is -2.03. The number of carbonyl (C=O) groups is 1. The lowest BCUT2D eigenvalue weighted by molar-refractivity contribution is -0.142. The highest BCUT2D eigenvalue weighted by molar-refractivity contribution is 7.99. The predicted molar refractivity (Wildman–Crippen MR) is 65.0 cm³/mol. The Morgan fingerprint density at radius 2 is 2.06 bits per heavy atom. The fourth-order valence-corrected chi connectivity index (χ4v) is 1.93. The zero-order valence-corrected chi connectivity index (χ0v) is 10.1. The van der Waals surface area contributed by atoms with Crippen molar-refractivity contribution in [2.75, 3.05) is 19.0 Å². The second-order valence-electron chi connectivity index (χ2n) is 3.27. The predicted octanol–water partition coefficient (Wildman–Crippen LogP) is 2.44. The molecule has 0 saturated heterocycles.